The first-order chi connectivity index (χ1) is 8.97. The molecular formula is C12H15BrClN3O3. The average Bonchev–Trinajstić information content (AvgIpc) is 2.37. The van der Waals surface area contributed by atoms with E-state index in [2.05, 4.69) is 21.2 Å². The number of carbonyl (C=O) groups is 1. The molecular weight excluding hydrogens is 350 g/mol. The third-order valence-electron chi connectivity index (χ3n) is 3.00. The molecule has 1 N–H and O–H groups in total. The molecule has 0 saturated carbocycles. The van der Waals surface area contributed by atoms with Crippen molar-refractivity contribution in [3.63, 3.8) is 0 Å². The molecule has 1 aliphatic heterocycles. The van der Waals surface area contributed by atoms with E-state index in [1.54, 1.807) is 11.0 Å². The number of nitro benzene ring substituents is 1. The zero-order valence-electron chi connectivity index (χ0n) is 10.8. The van der Waals surface area contributed by atoms with Crippen molar-refractivity contribution in [1.82, 2.24) is 10.2 Å². The van der Waals surface area contributed by atoms with Gasteiger partial charge in [0.15, 0.2) is 0 Å². The van der Waals surface area contributed by atoms with Gasteiger partial charge in [-0.1, -0.05) is 15.9 Å². The summed E-state index contributed by atoms with van der Waals surface area (Å²) in [6.07, 6.45) is 0. The summed E-state index contributed by atoms with van der Waals surface area (Å²) in [4.78, 5) is 24.4. The lowest BCUT2D eigenvalue weighted by molar-refractivity contribution is -0.385. The van der Waals surface area contributed by atoms with Crippen LogP contribution in [0.1, 0.15) is 17.3 Å². The number of piperazine rings is 1. The molecule has 1 heterocycles. The topological polar surface area (TPSA) is 75.5 Å². The predicted octanol–water partition coefficient (Wildman–Crippen LogP) is 2.21. The first-order valence-corrected chi connectivity index (χ1v) is 6.74. The summed E-state index contributed by atoms with van der Waals surface area (Å²) in [5.74, 6) is -0.169. The number of nitrogens with zero attached hydrogens (tertiary/aromatic N) is 2. The zero-order valence-corrected chi connectivity index (χ0v) is 13.2. The Kier molecular flexibility index (Phi) is 5.91. The molecule has 0 aromatic heterocycles. The fourth-order valence-electron chi connectivity index (χ4n) is 2.10. The van der Waals surface area contributed by atoms with Crippen LogP contribution in [0.4, 0.5) is 5.69 Å². The fraction of sp³-hybridized carbons (Fsp3) is 0.417. The van der Waals surface area contributed by atoms with Crippen molar-refractivity contribution in [3.05, 3.63) is 38.3 Å². The van der Waals surface area contributed by atoms with Gasteiger partial charge in [-0.05, 0) is 13.0 Å². The van der Waals surface area contributed by atoms with Gasteiger partial charge in [0.25, 0.3) is 11.6 Å². The molecule has 1 atom stereocenters. The molecule has 0 spiro atoms. The molecule has 1 saturated heterocycles. The number of hydrogen-bond acceptors (Lipinski definition) is 4. The number of benzene rings is 1. The van der Waals surface area contributed by atoms with Crippen molar-refractivity contribution in [1.29, 1.82) is 0 Å². The van der Waals surface area contributed by atoms with Gasteiger partial charge < -0.3 is 10.2 Å². The Bertz CT molecular complexity index is 527. The van der Waals surface area contributed by atoms with Crippen LogP contribution < -0.4 is 5.32 Å². The van der Waals surface area contributed by atoms with E-state index < -0.39 is 4.92 Å². The van der Waals surface area contributed by atoms with Gasteiger partial charge in [-0.15, -0.1) is 12.4 Å². The first kappa shape index (κ1) is 16.9. The van der Waals surface area contributed by atoms with Crippen molar-refractivity contribution in [2.75, 3.05) is 19.6 Å². The molecule has 1 fully saturated rings. The van der Waals surface area contributed by atoms with Crippen LogP contribution in [0.2, 0.25) is 0 Å². The minimum Gasteiger partial charge on any atom is -0.336 e. The van der Waals surface area contributed by atoms with E-state index in [-0.39, 0.29) is 30.0 Å². The molecule has 20 heavy (non-hydrogen) atoms. The lowest BCUT2D eigenvalue weighted by atomic mass is 10.1. The molecule has 0 radical (unpaired) electrons. The molecule has 1 aromatic rings. The second kappa shape index (κ2) is 7.01. The predicted molar refractivity (Wildman–Crippen MR) is 81.4 cm³/mol. The van der Waals surface area contributed by atoms with E-state index in [1.807, 2.05) is 6.92 Å². The second-order valence-electron chi connectivity index (χ2n) is 4.56. The number of nitro groups is 1. The molecule has 8 heteroatoms. The number of rotatable bonds is 2. The van der Waals surface area contributed by atoms with Crippen LogP contribution in [-0.4, -0.2) is 41.4 Å². The van der Waals surface area contributed by atoms with Crippen LogP contribution in [-0.2, 0) is 0 Å². The normalized spacial score (nSPS) is 18.3. The van der Waals surface area contributed by atoms with Crippen LogP contribution in [0, 0.1) is 10.1 Å². The van der Waals surface area contributed by atoms with Crippen LogP contribution in [0.5, 0.6) is 0 Å². The zero-order chi connectivity index (χ0) is 14.0. The van der Waals surface area contributed by atoms with Crippen LogP contribution in [0.3, 0.4) is 0 Å². The number of non-ortho nitro benzene ring substituents is 1. The summed E-state index contributed by atoms with van der Waals surface area (Å²) in [5, 5.41) is 14.1. The van der Waals surface area contributed by atoms with Crippen LogP contribution in [0.25, 0.3) is 0 Å². The van der Waals surface area contributed by atoms with Crippen molar-refractivity contribution >= 4 is 39.9 Å². The SMILES string of the molecule is C[C@@H]1CN(C(=O)c2cc(Br)cc([N+](=O)[O-])c2)CCN1.Cl. The summed E-state index contributed by atoms with van der Waals surface area (Å²) in [6.45, 7) is 3.97. The monoisotopic (exact) mass is 363 g/mol. The van der Waals surface area contributed by atoms with Gasteiger partial charge in [0.2, 0.25) is 0 Å². The van der Waals surface area contributed by atoms with Gasteiger partial charge in [0.1, 0.15) is 0 Å². The van der Waals surface area contributed by atoms with Crippen LogP contribution >= 0.6 is 28.3 Å². The Morgan fingerprint density at radius 2 is 2.20 bits per heavy atom. The lowest BCUT2D eigenvalue weighted by Gasteiger charge is -2.31. The van der Waals surface area contributed by atoms with Crippen molar-refractivity contribution in [3.8, 4) is 0 Å². The van der Waals surface area contributed by atoms with Gasteiger partial charge in [-0.3, -0.25) is 14.9 Å². The Morgan fingerprint density at radius 1 is 1.50 bits per heavy atom. The van der Waals surface area contributed by atoms with Gasteiger partial charge in [0.05, 0.1) is 4.92 Å². The summed E-state index contributed by atoms with van der Waals surface area (Å²) in [6, 6.07) is 4.55. The molecule has 0 aliphatic carbocycles. The Morgan fingerprint density at radius 3 is 2.80 bits per heavy atom. The van der Waals surface area contributed by atoms with E-state index in [4.69, 9.17) is 0 Å². The van der Waals surface area contributed by atoms with E-state index in [9.17, 15) is 14.9 Å². The minimum absolute atomic E-state index is 0. The second-order valence-corrected chi connectivity index (χ2v) is 5.48. The molecule has 0 bridgehead atoms. The molecule has 0 unspecified atom stereocenters. The van der Waals surface area contributed by atoms with Crippen LogP contribution in [0.15, 0.2) is 22.7 Å². The number of nitrogens with one attached hydrogen (secondary N) is 1. The Balaban J connectivity index is 0.00000200. The van der Waals surface area contributed by atoms with E-state index in [0.717, 1.165) is 6.54 Å². The fourth-order valence-corrected chi connectivity index (χ4v) is 2.58. The highest BCUT2D eigenvalue weighted by atomic mass is 79.9. The lowest BCUT2D eigenvalue weighted by Crippen LogP contribution is -2.51. The van der Waals surface area contributed by atoms with Gasteiger partial charge >= 0.3 is 0 Å². The largest absolute Gasteiger partial charge is 0.336 e. The number of carbonyl (C=O) groups excluding carboxylic acids is 1. The Labute approximate surface area is 131 Å². The number of halogens is 2. The molecule has 6 nitrogen and oxygen atoms in total. The highest BCUT2D eigenvalue weighted by Gasteiger charge is 2.23. The first-order valence-electron chi connectivity index (χ1n) is 5.95. The van der Waals surface area contributed by atoms with E-state index >= 15 is 0 Å². The maximum Gasteiger partial charge on any atom is 0.271 e. The van der Waals surface area contributed by atoms with Gasteiger partial charge in [0, 0.05) is 47.8 Å². The average molecular weight is 365 g/mol. The third-order valence-corrected chi connectivity index (χ3v) is 3.45. The quantitative estimate of drug-likeness (QED) is 0.645. The molecule has 2 rings (SSSR count). The molecule has 1 aliphatic rings. The Hall–Kier alpha value is -1.18. The molecule has 1 amide bonds. The van der Waals surface area contributed by atoms with Crippen molar-refractivity contribution in [2.45, 2.75) is 13.0 Å². The standard InChI is InChI=1S/C12H14BrN3O3.ClH/c1-8-7-15(3-2-14-8)12(17)9-4-10(13)6-11(5-9)16(18)19;/h4-6,8,14H,2-3,7H2,1H3;1H/t8-;/m1./s1. The van der Waals surface area contributed by atoms with Gasteiger partial charge in [-0.2, -0.15) is 0 Å². The third kappa shape index (κ3) is 3.91. The maximum atomic E-state index is 12.3. The summed E-state index contributed by atoms with van der Waals surface area (Å²) < 4.78 is 0.535. The highest BCUT2D eigenvalue weighted by Crippen LogP contribution is 2.22. The number of hydrogen-bond donors (Lipinski definition) is 1. The molecule has 1 aromatic carbocycles. The summed E-state index contributed by atoms with van der Waals surface area (Å²) >= 11 is 3.20. The molecule has 110 valence electrons. The number of amides is 1. The smallest absolute Gasteiger partial charge is 0.271 e. The summed E-state index contributed by atoms with van der Waals surface area (Å²) in [7, 11) is 0. The van der Waals surface area contributed by atoms with Gasteiger partial charge in [-0.25, -0.2) is 0 Å². The minimum atomic E-state index is -0.498. The summed E-state index contributed by atoms with van der Waals surface area (Å²) in [5.41, 5.74) is 0.260. The highest BCUT2D eigenvalue weighted by molar-refractivity contribution is 9.10. The maximum absolute atomic E-state index is 12.3. The van der Waals surface area contributed by atoms with Crippen molar-refractivity contribution < 1.29 is 9.72 Å². The van der Waals surface area contributed by atoms with Crippen molar-refractivity contribution in [2.24, 2.45) is 0 Å². The van der Waals surface area contributed by atoms with E-state index in [0.29, 0.717) is 23.1 Å². The van der Waals surface area contributed by atoms with E-state index in [1.165, 1.54) is 12.1 Å².